The Morgan fingerprint density at radius 3 is 2.66 bits per heavy atom. The first kappa shape index (κ1) is 19.8. The number of anilines is 1. The normalized spacial score (nSPS) is 13.1. The molecule has 3 aromatic rings. The molecule has 2 heterocycles. The number of aryl methyl sites for hydroxylation is 1. The molecule has 0 unspecified atom stereocenters. The third-order valence-electron chi connectivity index (χ3n) is 5.19. The van der Waals surface area contributed by atoms with Crippen LogP contribution < -0.4 is 4.72 Å². The Hall–Kier alpha value is -2.50. The summed E-state index contributed by atoms with van der Waals surface area (Å²) in [7, 11) is 0. The Balaban J connectivity index is 1.57. The van der Waals surface area contributed by atoms with Crippen LogP contribution in [0.5, 0.6) is 0 Å². The van der Waals surface area contributed by atoms with Gasteiger partial charge in [0.15, 0.2) is 0 Å². The van der Waals surface area contributed by atoms with Crippen LogP contribution in [0.2, 0.25) is 5.02 Å². The average molecular weight is 424 g/mol. The molecule has 148 valence electrons. The summed E-state index contributed by atoms with van der Waals surface area (Å²) in [5.41, 5.74) is 5.94. The third-order valence-corrected chi connectivity index (χ3v) is 6.55. The van der Waals surface area contributed by atoms with E-state index in [0.29, 0.717) is 10.6 Å². The molecule has 1 saturated heterocycles. The number of carbonyl (C=O) groups is 1. The molecule has 0 spiro atoms. The molecule has 0 aliphatic carbocycles. The van der Waals surface area contributed by atoms with Crippen molar-refractivity contribution in [1.29, 1.82) is 0 Å². The number of carbonyl (C=O) groups excluding carboxylic acids is 1. The molecule has 0 bridgehead atoms. The second kappa shape index (κ2) is 8.47. The molecule has 0 atom stereocenters. The number of aromatic nitrogens is 1. The summed E-state index contributed by atoms with van der Waals surface area (Å²) in [6.45, 7) is 5.69. The predicted molar refractivity (Wildman–Crippen MR) is 121 cm³/mol. The van der Waals surface area contributed by atoms with Crippen molar-refractivity contribution in [2.75, 3.05) is 17.8 Å². The Morgan fingerprint density at radius 2 is 1.97 bits per heavy atom. The summed E-state index contributed by atoms with van der Waals surface area (Å²) in [6.07, 6.45) is 4.70. The lowest BCUT2D eigenvalue weighted by Crippen LogP contribution is -2.42. The van der Waals surface area contributed by atoms with Crippen molar-refractivity contribution in [3.8, 4) is 11.1 Å². The lowest BCUT2D eigenvalue weighted by molar-refractivity contribution is 0.0651. The Morgan fingerprint density at radius 1 is 1.14 bits per heavy atom. The molecular weight excluding hydrogens is 402 g/mol. The van der Waals surface area contributed by atoms with Gasteiger partial charge in [0, 0.05) is 52.2 Å². The number of rotatable bonds is 5. The quantitative estimate of drug-likeness (QED) is 0.512. The number of nitrogens with zero attached hydrogens (tertiary/aromatic N) is 2. The van der Waals surface area contributed by atoms with Crippen molar-refractivity contribution in [2.24, 2.45) is 0 Å². The highest BCUT2D eigenvalue weighted by Gasteiger charge is 2.23. The lowest BCUT2D eigenvalue weighted by Gasteiger charge is -2.31. The van der Waals surface area contributed by atoms with Crippen LogP contribution in [0.3, 0.4) is 0 Å². The smallest absolute Gasteiger partial charge is 0.253 e. The Kier molecular flexibility index (Phi) is 5.79. The van der Waals surface area contributed by atoms with Crippen LogP contribution >= 0.6 is 23.5 Å². The SMILES string of the molecule is Cc1ccc(-c2cccnc2)cc1NSc1cc(C(=O)N2CCC2)cc(Cl)c1C. The molecule has 1 aliphatic heterocycles. The number of likely N-dealkylation sites (tertiary alicyclic amines) is 1. The van der Waals surface area contributed by atoms with Crippen LogP contribution in [-0.2, 0) is 0 Å². The molecule has 4 rings (SSSR count). The standard InChI is InChI=1S/C23H22ClN3OS/c1-15-6-7-17(18-5-3-8-25-14-18)12-21(15)26-29-22-13-19(11-20(24)16(22)2)23(28)27-9-4-10-27/h3,5-8,11-14,26H,4,9-10H2,1-2H3. The summed E-state index contributed by atoms with van der Waals surface area (Å²) in [4.78, 5) is 19.6. The third kappa shape index (κ3) is 4.26. The minimum Gasteiger partial charge on any atom is -0.339 e. The van der Waals surface area contributed by atoms with Gasteiger partial charge in [-0.1, -0.05) is 29.8 Å². The molecule has 29 heavy (non-hydrogen) atoms. The summed E-state index contributed by atoms with van der Waals surface area (Å²) >= 11 is 7.91. The minimum absolute atomic E-state index is 0.0507. The molecule has 1 aliphatic rings. The zero-order chi connectivity index (χ0) is 20.4. The largest absolute Gasteiger partial charge is 0.339 e. The van der Waals surface area contributed by atoms with Crippen LogP contribution in [0.1, 0.15) is 27.9 Å². The van der Waals surface area contributed by atoms with Crippen LogP contribution in [0.15, 0.2) is 59.8 Å². The molecule has 0 radical (unpaired) electrons. The van der Waals surface area contributed by atoms with Crippen molar-refractivity contribution in [3.63, 3.8) is 0 Å². The van der Waals surface area contributed by atoms with Crippen molar-refractivity contribution in [3.05, 3.63) is 76.6 Å². The van der Waals surface area contributed by atoms with Gasteiger partial charge in [0.2, 0.25) is 0 Å². The van der Waals surface area contributed by atoms with Crippen LogP contribution in [0.4, 0.5) is 5.69 Å². The van der Waals surface area contributed by atoms with E-state index in [0.717, 1.165) is 52.3 Å². The molecule has 1 aromatic heterocycles. The molecule has 1 amide bonds. The maximum atomic E-state index is 12.6. The van der Waals surface area contributed by atoms with E-state index in [9.17, 15) is 4.79 Å². The maximum absolute atomic E-state index is 12.6. The fourth-order valence-electron chi connectivity index (χ4n) is 3.14. The van der Waals surface area contributed by atoms with Gasteiger partial charge in [0.1, 0.15) is 0 Å². The van der Waals surface area contributed by atoms with Crippen molar-refractivity contribution < 1.29 is 4.79 Å². The van der Waals surface area contributed by atoms with Gasteiger partial charge in [-0.15, -0.1) is 0 Å². The van der Waals surface area contributed by atoms with Gasteiger partial charge < -0.3 is 9.62 Å². The number of pyridine rings is 1. The first-order valence-electron chi connectivity index (χ1n) is 9.56. The maximum Gasteiger partial charge on any atom is 0.253 e. The number of hydrogen-bond donors (Lipinski definition) is 1. The summed E-state index contributed by atoms with van der Waals surface area (Å²) in [5, 5.41) is 0.613. The summed E-state index contributed by atoms with van der Waals surface area (Å²) < 4.78 is 3.44. The van der Waals surface area contributed by atoms with Crippen LogP contribution in [0.25, 0.3) is 11.1 Å². The van der Waals surface area contributed by atoms with Gasteiger partial charge >= 0.3 is 0 Å². The summed E-state index contributed by atoms with van der Waals surface area (Å²) in [6, 6.07) is 14.0. The summed E-state index contributed by atoms with van der Waals surface area (Å²) in [5.74, 6) is 0.0507. The zero-order valence-electron chi connectivity index (χ0n) is 16.4. The number of amides is 1. The van der Waals surface area contributed by atoms with Gasteiger partial charge in [-0.2, -0.15) is 0 Å². The van der Waals surface area contributed by atoms with E-state index in [1.807, 2.05) is 36.2 Å². The van der Waals surface area contributed by atoms with E-state index in [2.05, 4.69) is 34.8 Å². The topological polar surface area (TPSA) is 45.2 Å². The van der Waals surface area contributed by atoms with E-state index >= 15 is 0 Å². The van der Waals surface area contributed by atoms with Gasteiger partial charge in [-0.05, 0) is 73.2 Å². The number of benzene rings is 2. The minimum atomic E-state index is 0.0507. The fourth-order valence-corrected chi connectivity index (χ4v) is 4.30. The Labute approximate surface area is 180 Å². The molecule has 2 aromatic carbocycles. The highest BCUT2D eigenvalue weighted by atomic mass is 35.5. The van der Waals surface area contributed by atoms with Crippen LogP contribution in [0, 0.1) is 13.8 Å². The van der Waals surface area contributed by atoms with Gasteiger partial charge in [0.05, 0.1) is 0 Å². The van der Waals surface area contributed by atoms with Crippen molar-refractivity contribution in [2.45, 2.75) is 25.2 Å². The molecular formula is C23H22ClN3OS. The molecule has 6 heteroatoms. The molecule has 1 fully saturated rings. The van der Waals surface area contributed by atoms with Crippen molar-refractivity contribution in [1.82, 2.24) is 9.88 Å². The van der Waals surface area contributed by atoms with Crippen molar-refractivity contribution >= 4 is 35.1 Å². The number of hydrogen-bond acceptors (Lipinski definition) is 4. The highest BCUT2D eigenvalue weighted by Crippen LogP contribution is 2.33. The monoisotopic (exact) mass is 423 g/mol. The molecule has 4 nitrogen and oxygen atoms in total. The van der Waals surface area contributed by atoms with E-state index in [-0.39, 0.29) is 5.91 Å². The van der Waals surface area contributed by atoms with E-state index in [1.54, 1.807) is 12.3 Å². The molecule has 0 saturated carbocycles. The second-order valence-electron chi connectivity index (χ2n) is 7.20. The van der Waals surface area contributed by atoms with Gasteiger partial charge in [-0.3, -0.25) is 9.78 Å². The van der Waals surface area contributed by atoms with Crippen LogP contribution in [-0.4, -0.2) is 28.9 Å². The number of nitrogens with one attached hydrogen (secondary N) is 1. The van der Waals surface area contributed by atoms with E-state index in [1.165, 1.54) is 11.9 Å². The van der Waals surface area contributed by atoms with E-state index < -0.39 is 0 Å². The number of halogens is 1. The van der Waals surface area contributed by atoms with E-state index in [4.69, 9.17) is 11.6 Å². The van der Waals surface area contributed by atoms with Gasteiger partial charge in [-0.25, -0.2) is 0 Å². The Bertz CT molecular complexity index is 1050. The zero-order valence-corrected chi connectivity index (χ0v) is 18.0. The second-order valence-corrected chi connectivity index (χ2v) is 8.46. The first-order chi connectivity index (χ1) is 14.0. The first-order valence-corrected chi connectivity index (χ1v) is 10.8. The predicted octanol–water partition coefficient (Wildman–Crippen LogP) is 5.98. The lowest BCUT2D eigenvalue weighted by atomic mass is 10.0. The average Bonchev–Trinajstić information content (AvgIpc) is 2.69. The fraction of sp³-hybridized carbons (Fsp3) is 0.217. The highest BCUT2D eigenvalue weighted by molar-refractivity contribution is 8.00. The molecule has 1 N–H and O–H groups in total. The van der Waals surface area contributed by atoms with Gasteiger partial charge in [0.25, 0.3) is 5.91 Å².